The molecule has 2 N–H and O–H groups in total. The van der Waals surface area contributed by atoms with Gasteiger partial charge in [-0.2, -0.15) is 0 Å². The maximum Gasteiger partial charge on any atom is 0.0528 e. The van der Waals surface area contributed by atoms with Crippen molar-refractivity contribution in [3.8, 4) is 0 Å². The number of rotatable bonds is 1. The molecule has 0 amide bonds. The molecule has 15 heavy (non-hydrogen) atoms. The van der Waals surface area contributed by atoms with Crippen LogP contribution in [-0.2, 0) is 0 Å². The van der Waals surface area contributed by atoms with Crippen molar-refractivity contribution in [2.75, 3.05) is 6.54 Å². The molecule has 2 aromatic rings. The van der Waals surface area contributed by atoms with Crippen molar-refractivity contribution in [1.82, 2.24) is 15.3 Å². The largest absolute Gasteiger partial charge is 0.361 e. The summed E-state index contributed by atoms with van der Waals surface area (Å²) in [6, 6.07) is 2.34. The zero-order chi connectivity index (χ0) is 10.1. The number of aromatic nitrogens is 2. The summed E-state index contributed by atoms with van der Waals surface area (Å²) in [7, 11) is 0. The van der Waals surface area contributed by atoms with Gasteiger partial charge in [0.1, 0.15) is 0 Å². The van der Waals surface area contributed by atoms with Crippen LogP contribution in [0.4, 0.5) is 0 Å². The van der Waals surface area contributed by atoms with Gasteiger partial charge in [-0.1, -0.05) is 12.2 Å². The molecule has 0 aromatic carbocycles. The smallest absolute Gasteiger partial charge is 0.0528 e. The van der Waals surface area contributed by atoms with Gasteiger partial charge in [0.05, 0.1) is 6.04 Å². The van der Waals surface area contributed by atoms with E-state index in [0.717, 1.165) is 18.5 Å². The molecule has 2 aromatic heterocycles. The van der Waals surface area contributed by atoms with Crippen LogP contribution in [0, 0.1) is 0 Å². The third-order valence-electron chi connectivity index (χ3n) is 2.85. The minimum Gasteiger partial charge on any atom is -0.361 e. The Labute approximate surface area is 88.2 Å². The van der Waals surface area contributed by atoms with Crippen LogP contribution in [-0.4, -0.2) is 16.5 Å². The van der Waals surface area contributed by atoms with Gasteiger partial charge in [-0.25, -0.2) is 0 Å². The van der Waals surface area contributed by atoms with Crippen LogP contribution in [0.5, 0.6) is 0 Å². The topological polar surface area (TPSA) is 40.7 Å². The summed E-state index contributed by atoms with van der Waals surface area (Å²) in [6.07, 6.45) is 11.4. The fraction of sp³-hybridized carbons (Fsp3) is 0.250. The van der Waals surface area contributed by atoms with E-state index >= 15 is 0 Å². The Morgan fingerprint density at radius 2 is 2.40 bits per heavy atom. The SMILES string of the molecule is C1=CC(c2c[nH]c3ccncc23)NCC1. The van der Waals surface area contributed by atoms with Crippen LogP contribution in [0.2, 0.25) is 0 Å². The lowest BCUT2D eigenvalue weighted by atomic mass is 10.0. The Bertz CT molecular complexity index is 498. The summed E-state index contributed by atoms with van der Waals surface area (Å²) < 4.78 is 0. The van der Waals surface area contributed by atoms with Gasteiger partial charge in [0.25, 0.3) is 0 Å². The third kappa shape index (κ3) is 1.45. The van der Waals surface area contributed by atoms with Crippen LogP contribution < -0.4 is 5.32 Å². The van der Waals surface area contributed by atoms with E-state index in [4.69, 9.17) is 0 Å². The zero-order valence-electron chi connectivity index (χ0n) is 8.40. The molecular formula is C12H13N3. The lowest BCUT2D eigenvalue weighted by Gasteiger charge is -2.17. The van der Waals surface area contributed by atoms with Gasteiger partial charge in [0.2, 0.25) is 0 Å². The van der Waals surface area contributed by atoms with Crippen molar-refractivity contribution in [2.45, 2.75) is 12.5 Å². The summed E-state index contributed by atoms with van der Waals surface area (Å²) in [6.45, 7) is 1.05. The first-order chi connectivity index (χ1) is 7.45. The van der Waals surface area contributed by atoms with Gasteiger partial charge in [0, 0.05) is 29.5 Å². The average Bonchev–Trinajstić information content (AvgIpc) is 2.74. The first-order valence-electron chi connectivity index (χ1n) is 5.26. The number of fused-ring (bicyclic) bond motifs is 1. The molecular weight excluding hydrogens is 186 g/mol. The summed E-state index contributed by atoms with van der Waals surface area (Å²) >= 11 is 0. The zero-order valence-corrected chi connectivity index (χ0v) is 8.40. The molecule has 3 heteroatoms. The van der Waals surface area contributed by atoms with Crippen LogP contribution in [0.3, 0.4) is 0 Å². The standard InChI is InChI=1S/C12H13N3/c1-2-5-14-11(3-1)10-8-15-12-4-6-13-7-9(10)12/h1,3-4,6-8,11,14-15H,2,5H2. The van der Waals surface area contributed by atoms with Gasteiger partial charge in [-0.3, -0.25) is 4.98 Å². The minimum atomic E-state index is 0.330. The molecule has 0 saturated heterocycles. The van der Waals surface area contributed by atoms with Crippen LogP contribution >= 0.6 is 0 Å². The van der Waals surface area contributed by atoms with E-state index < -0.39 is 0 Å². The van der Waals surface area contributed by atoms with Crippen LogP contribution in [0.15, 0.2) is 36.8 Å². The molecule has 0 aliphatic carbocycles. The molecule has 0 spiro atoms. The lowest BCUT2D eigenvalue weighted by molar-refractivity contribution is 0.604. The number of hydrogen-bond acceptors (Lipinski definition) is 2. The molecule has 0 radical (unpaired) electrons. The molecule has 1 unspecified atom stereocenters. The van der Waals surface area contributed by atoms with Crippen molar-refractivity contribution in [3.05, 3.63) is 42.4 Å². The van der Waals surface area contributed by atoms with E-state index in [-0.39, 0.29) is 0 Å². The highest BCUT2D eigenvalue weighted by atomic mass is 14.9. The molecule has 3 rings (SSSR count). The molecule has 3 nitrogen and oxygen atoms in total. The molecule has 1 aliphatic heterocycles. The molecule has 3 heterocycles. The van der Waals surface area contributed by atoms with Gasteiger partial charge in [-0.15, -0.1) is 0 Å². The molecule has 76 valence electrons. The van der Waals surface area contributed by atoms with E-state index in [0.29, 0.717) is 6.04 Å². The van der Waals surface area contributed by atoms with Crippen LogP contribution in [0.1, 0.15) is 18.0 Å². The Morgan fingerprint density at radius 3 is 3.27 bits per heavy atom. The highest BCUT2D eigenvalue weighted by molar-refractivity contribution is 5.82. The second-order valence-corrected chi connectivity index (χ2v) is 3.81. The molecule has 1 aliphatic rings. The highest BCUT2D eigenvalue weighted by Crippen LogP contribution is 2.25. The highest BCUT2D eigenvalue weighted by Gasteiger charge is 2.13. The van der Waals surface area contributed by atoms with Gasteiger partial charge < -0.3 is 10.3 Å². The number of hydrogen-bond donors (Lipinski definition) is 2. The van der Waals surface area contributed by atoms with Crippen molar-refractivity contribution < 1.29 is 0 Å². The summed E-state index contributed by atoms with van der Waals surface area (Å²) in [5.74, 6) is 0. The first-order valence-corrected chi connectivity index (χ1v) is 5.26. The number of nitrogens with one attached hydrogen (secondary N) is 2. The van der Waals surface area contributed by atoms with Crippen molar-refractivity contribution in [3.63, 3.8) is 0 Å². The quantitative estimate of drug-likeness (QED) is 0.691. The monoisotopic (exact) mass is 199 g/mol. The summed E-state index contributed by atoms with van der Waals surface area (Å²) in [5.41, 5.74) is 2.44. The van der Waals surface area contributed by atoms with Gasteiger partial charge in [-0.05, 0) is 24.6 Å². The number of pyridine rings is 1. The minimum absolute atomic E-state index is 0.330. The second-order valence-electron chi connectivity index (χ2n) is 3.81. The second kappa shape index (κ2) is 3.51. The Kier molecular flexibility index (Phi) is 2.03. The number of nitrogens with zero attached hydrogens (tertiary/aromatic N) is 1. The van der Waals surface area contributed by atoms with E-state index in [2.05, 4.69) is 33.6 Å². The number of aromatic amines is 1. The van der Waals surface area contributed by atoms with E-state index in [9.17, 15) is 0 Å². The fourth-order valence-electron chi connectivity index (χ4n) is 2.08. The van der Waals surface area contributed by atoms with E-state index in [1.165, 1.54) is 10.9 Å². The molecule has 0 fully saturated rings. The van der Waals surface area contributed by atoms with Crippen molar-refractivity contribution in [1.29, 1.82) is 0 Å². The fourth-order valence-corrected chi connectivity index (χ4v) is 2.08. The molecule has 0 saturated carbocycles. The average molecular weight is 199 g/mol. The lowest BCUT2D eigenvalue weighted by Crippen LogP contribution is -2.23. The predicted molar refractivity (Wildman–Crippen MR) is 60.6 cm³/mol. The number of H-pyrrole nitrogens is 1. The molecule has 0 bridgehead atoms. The van der Waals surface area contributed by atoms with Crippen molar-refractivity contribution >= 4 is 10.9 Å². The predicted octanol–water partition coefficient (Wildman–Crippen LogP) is 2.15. The summed E-state index contributed by atoms with van der Waals surface area (Å²) in [4.78, 5) is 7.44. The van der Waals surface area contributed by atoms with Gasteiger partial charge >= 0.3 is 0 Å². The Hall–Kier alpha value is -1.61. The normalized spacial score (nSPS) is 20.9. The maximum absolute atomic E-state index is 4.17. The van der Waals surface area contributed by atoms with E-state index in [1.54, 1.807) is 0 Å². The first kappa shape index (κ1) is 8.68. The van der Waals surface area contributed by atoms with Crippen LogP contribution in [0.25, 0.3) is 10.9 Å². The summed E-state index contributed by atoms with van der Waals surface area (Å²) in [5, 5.41) is 4.69. The Balaban J connectivity index is 2.10. The third-order valence-corrected chi connectivity index (χ3v) is 2.85. The maximum atomic E-state index is 4.17. The Morgan fingerprint density at radius 1 is 1.40 bits per heavy atom. The van der Waals surface area contributed by atoms with E-state index in [1.807, 2.05) is 18.5 Å². The molecule has 1 atom stereocenters. The van der Waals surface area contributed by atoms with Crippen molar-refractivity contribution in [2.24, 2.45) is 0 Å². The van der Waals surface area contributed by atoms with Gasteiger partial charge in [0.15, 0.2) is 0 Å².